The van der Waals surface area contributed by atoms with Gasteiger partial charge in [0.25, 0.3) is 5.91 Å². The van der Waals surface area contributed by atoms with Crippen LogP contribution in [0, 0.1) is 0 Å². The lowest BCUT2D eigenvalue weighted by Gasteiger charge is -2.07. The maximum atomic E-state index is 11.6. The van der Waals surface area contributed by atoms with Crippen LogP contribution in [0.1, 0.15) is 49.9 Å². The summed E-state index contributed by atoms with van der Waals surface area (Å²) in [5.41, 5.74) is 0.104. The summed E-state index contributed by atoms with van der Waals surface area (Å²) < 4.78 is 4.97. The van der Waals surface area contributed by atoms with Crippen LogP contribution in [0.3, 0.4) is 0 Å². The van der Waals surface area contributed by atoms with Crippen LogP contribution in [0.4, 0.5) is 4.79 Å². The molecule has 2 N–H and O–H groups in total. The lowest BCUT2D eigenvalue weighted by atomic mass is 10.1. The third-order valence-corrected chi connectivity index (χ3v) is 1.98. The SMILES string of the molecule is CC(C)NC(=O)NC(=O)c1cc(C(C)C)on1. The number of carbonyl (C=O) groups is 2. The molecule has 1 heterocycles. The Morgan fingerprint density at radius 2 is 1.94 bits per heavy atom. The minimum absolute atomic E-state index is 0.0358. The molecule has 6 nitrogen and oxygen atoms in total. The summed E-state index contributed by atoms with van der Waals surface area (Å²) in [4.78, 5) is 22.9. The van der Waals surface area contributed by atoms with Gasteiger partial charge < -0.3 is 9.84 Å². The molecule has 0 aromatic carbocycles. The molecule has 0 saturated heterocycles. The summed E-state index contributed by atoms with van der Waals surface area (Å²) >= 11 is 0. The summed E-state index contributed by atoms with van der Waals surface area (Å²) in [5, 5.41) is 8.31. The van der Waals surface area contributed by atoms with Gasteiger partial charge in [0.2, 0.25) is 0 Å². The number of amides is 3. The molecule has 6 heteroatoms. The zero-order chi connectivity index (χ0) is 13.0. The molecule has 94 valence electrons. The molecule has 0 fully saturated rings. The highest BCUT2D eigenvalue weighted by Gasteiger charge is 2.16. The number of nitrogens with zero attached hydrogens (tertiary/aromatic N) is 1. The fraction of sp³-hybridized carbons (Fsp3) is 0.545. The van der Waals surface area contributed by atoms with Crippen molar-refractivity contribution in [3.8, 4) is 0 Å². The Bertz CT molecular complexity index is 410. The zero-order valence-electron chi connectivity index (χ0n) is 10.4. The Morgan fingerprint density at radius 3 is 2.41 bits per heavy atom. The van der Waals surface area contributed by atoms with Crippen LogP contribution >= 0.6 is 0 Å². The van der Waals surface area contributed by atoms with Gasteiger partial charge in [-0.25, -0.2) is 4.79 Å². The van der Waals surface area contributed by atoms with E-state index in [1.807, 2.05) is 13.8 Å². The normalized spacial score (nSPS) is 10.7. The molecule has 0 atom stereocenters. The molecule has 0 aliphatic heterocycles. The van der Waals surface area contributed by atoms with Gasteiger partial charge in [0.05, 0.1) is 0 Å². The molecule has 17 heavy (non-hydrogen) atoms. The molecule has 1 rings (SSSR count). The van der Waals surface area contributed by atoms with Crippen LogP contribution in [0.15, 0.2) is 10.6 Å². The van der Waals surface area contributed by atoms with Gasteiger partial charge in [0, 0.05) is 18.0 Å². The van der Waals surface area contributed by atoms with Crippen LogP contribution in [-0.2, 0) is 0 Å². The van der Waals surface area contributed by atoms with Crippen molar-refractivity contribution < 1.29 is 14.1 Å². The van der Waals surface area contributed by atoms with Gasteiger partial charge in [0.1, 0.15) is 5.76 Å². The van der Waals surface area contributed by atoms with Gasteiger partial charge in [-0.3, -0.25) is 10.1 Å². The van der Waals surface area contributed by atoms with Crippen LogP contribution in [0.25, 0.3) is 0 Å². The summed E-state index contributed by atoms with van der Waals surface area (Å²) in [6.45, 7) is 7.45. The third kappa shape index (κ3) is 3.90. The van der Waals surface area contributed by atoms with Gasteiger partial charge in [0.15, 0.2) is 5.69 Å². The van der Waals surface area contributed by atoms with Gasteiger partial charge in [-0.2, -0.15) is 0 Å². The molecule has 0 saturated carbocycles. The Labute approximate surface area is 99.7 Å². The second-order valence-corrected chi connectivity index (χ2v) is 4.35. The molecule has 0 bridgehead atoms. The summed E-state index contributed by atoms with van der Waals surface area (Å²) in [5.74, 6) is 0.187. The van der Waals surface area contributed by atoms with Crippen molar-refractivity contribution in [3.05, 3.63) is 17.5 Å². The Hall–Kier alpha value is -1.85. The maximum absolute atomic E-state index is 11.6. The van der Waals surface area contributed by atoms with E-state index in [0.29, 0.717) is 5.76 Å². The average molecular weight is 239 g/mol. The Morgan fingerprint density at radius 1 is 1.29 bits per heavy atom. The van der Waals surface area contributed by atoms with Crippen LogP contribution in [-0.4, -0.2) is 23.1 Å². The second kappa shape index (κ2) is 5.47. The summed E-state index contributed by atoms with van der Waals surface area (Å²) in [6.07, 6.45) is 0. The van der Waals surface area contributed by atoms with Gasteiger partial charge in [-0.15, -0.1) is 0 Å². The highest BCUT2D eigenvalue weighted by molar-refractivity contribution is 6.03. The number of hydrogen-bond acceptors (Lipinski definition) is 4. The molecule has 0 aliphatic carbocycles. The van der Waals surface area contributed by atoms with E-state index in [1.165, 1.54) is 6.07 Å². The minimum Gasteiger partial charge on any atom is -0.360 e. The highest BCUT2D eigenvalue weighted by atomic mass is 16.5. The number of aromatic nitrogens is 1. The van der Waals surface area contributed by atoms with Crippen molar-refractivity contribution in [2.75, 3.05) is 0 Å². The maximum Gasteiger partial charge on any atom is 0.321 e. The molecule has 0 unspecified atom stereocenters. The molecule has 0 spiro atoms. The quantitative estimate of drug-likeness (QED) is 0.839. The van der Waals surface area contributed by atoms with Gasteiger partial charge in [-0.05, 0) is 13.8 Å². The first-order valence-electron chi connectivity index (χ1n) is 5.48. The minimum atomic E-state index is -0.571. The van der Waals surface area contributed by atoms with E-state index in [4.69, 9.17) is 4.52 Å². The number of rotatable bonds is 3. The zero-order valence-corrected chi connectivity index (χ0v) is 10.4. The van der Waals surface area contributed by atoms with Crippen LogP contribution in [0.5, 0.6) is 0 Å². The summed E-state index contributed by atoms with van der Waals surface area (Å²) in [7, 11) is 0. The number of hydrogen-bond donors (Lipinski definition) is 2. The first-order chi connectivity index (χ1) is 7.90. The van der Waals surface area contributed by atoms with Crippen LogP contribution < -0.4 is 10.6 Å². The van der Waals surface area contributed by atoms with E-state index in [2.05, 4.69) is 15.8 Å². The number of nitrogens with one attached hydrogen (secondary N) is 2. The highest BCUT2D eigenvalue weighted by Crippen LogP contribution is 2.14. The molecular weight excluding hydrogens is 222 g/mol. The van der Waals surface area contributed by atoms with Gasteiger partial charge >= 0.3 is 6.03 Å². The molecule has 1 aromatic heterocycles. The fourth-order valence-electron chi connectivity index (χ4n) is 1.13. The van der Waals surface area contributed by atoms with E-state index < -0.39 is 11.9 Å². The lowest BCUT2D eigenvalue weighted by molar-refractivity contribution is 0.0954. The van der Waals surface area contributed by atoms with Crippen LogP contribution in [0.2, 0.25) is 0 Å². The van der Waals surface area contributed by atoms with E-state index in [0.717, 1.165) is 0 Å². The third-order valence-electron chi connectivity index (χ3n) is 1.98. The predicted octanol–water partition coefficient (Wildman–Crippen LogP) is 1.65. The smallest absolute Gasteiger partial charge is 0.321 e. The fourth-order valence-corrected chi connectivity index (χ4v) is 1.13. The predicted molar refractivity (Wildman–Crippen MR) is 61.7 cm³/mol. The second-order valence-electron chi connectivity index (χ2n) is 4.35. The van der Waals surface area contributed by atoms with Gasteiger partial charge in [-0.1, -0.05) is 19.0 Å². The van der Waals surface area contributed by atoms with E-state index >= 15 is 0 Å². The molecule has 0 radical (unpaired) electrons. The topological polar surface area (TPSA) is 84.2 Å². The monoisotopic (exact) mass is 239 g/mol. The number of imide groups is 1. The van der Waals surface area contributed by atoms with E-state index in [1.54, 1.807) is 13.8 Å². The van der Waals surface area contributed by atoms with Crippen molar-refractivity contribution in [1.29, 1.82) is 0 Å². The molecular formula is C11H17N3O3. The lowest BCUT2D eigenvalue weighted by Crippen LogP contribution is -2.42. The summed E-state index contributed by atoms with van der Waals surface area (Å²) in [6, 6.07) is 0.952. The molecule has 3 amide bonds. The first kappa shape index (κ1) is 13.2. The number of carbonyl (C=O) groups excluding carboxylic acids is 2. The van der Waals surface area contributed by atoms with E-state index in [-0.39, 0.29) is 17.7 Å². The Balaban J connectivity index is 2.60. The average Bonchev–Trinajstić information content (AvgIpc) is 2.64. The van der Waals surface area contributed by atoms with E-state index in [9.17, 15) is 9.59 Å². The standard InChI is InChI=1S/C11H17N3O3/c1-6(2)9-5-8(14-17-9)10(15)13-11(16)12-7(3)4/h5-7H,1-4H3,(H2,12,13,15,16). The molecule has 0 aliphatic rings. The molecule has 1 aromatic rings. The largest absolute Gasteiger partial charge is 0.360 e. The Kier molecular flexibility index (Phi) is 4.25. The van der Waals surface area contributed by atoms with Crippen molar-refractivity contribution >= 4 is 11.9 Å². The van der Waals surface area contributed by atoms with Crippen molar-refractivity contribution in [2.24, 2.45) is 0 Å². The first-order valence-corrected chi connectivity index (χ1v) is 5.48. The number of urea groups is 1. The van der Waals surface area contributed by atoms with Crippen molar-refractivity contribution in [2.45, 2.75) is 39.7 Å². The van der Waals surface area contributed by atoms with Crippen molar-refractivity contribution in [1.82, 2.24) is 15.8 Å². The van der Waals surface area contributed by atoms with Crippen molar-refractivity contribution in [3.63, 3.8) is 0 Å².